The van der Waals surface area contributed by atoms with E-state index in [1.807, 2.05) is 30.3 Å². The fourth-order valence-electron chi connectivity index (χ4n) is 2.63. The third-order valence-corrected chi connectivity index (χ3v) is 3.93. The Hall–Kier alpha value is -2.07. The molecule has 1 aliphatic carbocycles. The smallest absolute Gasteiger partial charge is 0.315 e. The molecule has 2 N–H and O–H groups in total. The van der Waals surface area contributed by atoms with Crippen LogP contribution in [0.5, 0.6) is 0 Å². The fraction of sp³-hybridized carbons (Fsp3) is 0.250. The van der Waals surface area contributed by atoms with Crippen LogP contribution in [0.3, 0.4) is 0 Å². The third kappa shape index (κ3) is 3.34. The number of carbonyl (C=O) groups is 1. The van der Waals surface area contributed by atoms with Crippen LogP contribution in [0.4, 0.5) is 4.79 Å². The number of halogens is 1. The van der Waals surface area contributed by atoms with Gasteiger partial charge in [-0.1, -0.05) is 17.7 Å². The van der Waals surface area contributed by atoms with E-state index in [9.17, 15) is 4.79 Å². The number of nitrogens with zero attached hydrogens (tertiary/aromatic N) is 1. The van der Waals surface area contributed by atoms with Gasteiger partial charge in [-0.05, 0) is 53.8 Å². The molecule has 0 unspecified atom stereocenters. The lowest BCUT2D eigenvalue weighted by Crippen LogP contribution is -2.36. The quantitative estimate of drug-likeness (QED) is 0.914. The highest BCUT2D eigenvalue weighted by molar-refractivity contribution is 6.30. The van der Waals surface area contributed by atoms with Gasteiger partial charge in [0.2, 0.25) is 0 Å². The van der Waals surface area contributed by atoms with Crippen LogP contribution in [0, 0.1) is 0 Å². The first-order valence-corrected chi connectivity index (χ1v) is 7.32. The van der Waals surface area contributed by atoms with Crippen molar-refractivity contribution in [2.75, 3.05) is 0 Å². The van der Waals surface area contributed by atoms with E-state index < -0.39 is 0 Å². The van der Waals surface area contributed by atoms with Gasteiger partial charge in [-0.15, -0.1) is 0 Å². The highest BCUT2D eigenvalue weighted by Crippen LogP contribution is 2.32. The van der Waals surface area contributed by atoms with Crippen LogP contribution in [0.25, 0.3) is 0 Å². The number of amides is 2. The lowest BCUT2D eigenvalue weighted by atomic mass is 10.1. The van der Waals surface area contributed by atoms with Gasteiger partial charge in [0.05, 0.1) is 6.04 Å². The molecule has 108 valence electrons. The van der Waals surface area contributed by atoms with Crippen molar-refractivity contribution in [3.8, 4) is 0 Å². The highest BCUT2D eigenvalue weighted by atomic mass is 35.5. The maximum Gasteiger partial charge on any atom is 0.315 e. The van der Waals surface area contributed by atoms with Crippen molar-refractivity contribution in [1.29, 1.82) is 0 Å². The van der Waals surface area contributed by atoms with Gasteiger partial charge in [0, 0.05) is 24.0 Å². The lowest BCUT2D eigenvalue weighted by Gasteiger charge is -2.15. The number of aryl methyl sites for hydroxylation is 1. The van der Waals surface area contributed by atoms with Gasteiger partial charge < -0.3 is 10.6 Å². The average molecular weight is 302 g/mol. The topological polar surface area (TPSA) is 54.0 Å². The molecule has 2 amide bonds. The van der Waals surface area contributed by atoms with Crippen LogP contribution >= 0.6 is 11.6 Å². The molecule has 1 atom stereocenters. The average Bonchev–Trinajstić information content (AvgIpc) is 2.88. The van der Waals surface area contributed by atoms with E-state index >= 15 is 0 Å². The van der Waals surface area contributed by atoms with Gasteiger partial charge in [0.25, 0.3) is 0 Å². The number of hydrogen-bond donors (Lipinski definition) is 2. The summed E-state index contributed by atoms with van der Waals surface area (Å²) >= 11 is 5.99. The molecule has 3 rings (SSSR count). The Morgan fingerprint density at radius 2 is 2.10 bits per heavy atom. The second-order valence-electron chi connectivity index (χ2n) is 5.12. The Kier molecular flexibility index (Phi) is 4.06. The SMILES string of the molecule is O=C(NCc1ccncc1)N[C@@H]1CCc2cc(Cl)ccc21. The van der Waals surface area contributed by atoms with Crippen LogP contribution in [0.15, 0.2) is 42.7 Å². The molecule has 5 heteroatoms. The van der Waals surface area contributed by atoms with Gasteiger partial charge in [-0.25, -0.2) is 4.79 Å². The van der Waals surface area contributed by atoms with Crippen LogP contribution in [0.2, 0.25) is 5.02 Å². The fourth-order valence-corrected chi connectivity index (χ4v) is 2.82. The Balaban J connectivity index is 1.57. The minimum absolute atomic E-state index is 0.0645. The number of hydrogen-bond acceptors (Lipinski definition) is 2. The van der Waals surface area contributed by atoms with Gasteiger partial charge in [-0.3, -0.25) is 4.98 Å². The summed E-state index contributed by atoms with van der Waals surface area (Å²) in [4.78, 5) is 15.9. The second-order valence-corrected chi connectivity index (χ2v) is 5.55. The summed E-state index contributed by atoms with van der Waals surface area (Å²) in [6, 6.07) is 9.52. The summed E-state index contributed by atoms with van der Waals surface area (Å²) in [5, 5.41) is 6.63. The Morgan fingerprint density at radius 3 is 2.90 bits per heavy atom. The molecule has 0 saturated carbocycles. The van der Waals surface area contributed by atoms with Crippen molar-refractivity contribution in [2.24, 2.45) is 0 Å². The Labute approximate surface area is 128 Å². The van der Waals surface area contributed by atoms with Crippen molar-refractivity contribution >= 4 is 17.6 Å². The first-order chi connectivity index (χ1) is 10.2. The Bertz CT molecular complexity index is 645. The zero-order valence-corrected chi connectivity index (χ0v) is 12.2. The molecule has 1 aliphatic rings. The summed E-state index contributed by atoms with van der Waals surface area (Å²) in [5.41, 5.74) is 3.42. The molecular formula is C16H16ClN3O. The number of fused-ring (bicyclic) bond motifs is 1. The molecule has 1 aromatic carbocycles. The van der Waals surface area contributed by atoms with E-state index in [0.717, 1.165) is 23.4 Å². The number of pyridine rings is 1. The largest absolute Gasteiger partial charge is 0.334 e. The van der Waals surface area contributed by atoms with Crippen molar-refractivity contribution < 1.29 is 4.79 Å². The molecule has 21 heavy (non-hydrogen) atoms. The van der Waals surface area contributed by atoms with Crippen molar-refractivity contribution in [3.63, 3.8) is 0 Å². The predicted octanol–water partition coefficient (Wildman–Crippen LogP) is 3.22. The summed E-state index contributed by atoms with van der Waals surface area (Å²) in [7, 11) is 0. The van der Waals surface area contributed by atoms with Crippen molar-refractivity contribution in [1.82, 2.24) is 15.6 Å². The number of carbonyl (C=O) groups excluding carboxylic acids is 1. The van der Waals surface area contributed by atoms with E-state index in [4.69, 9.17) is 11.6 Å². The van der Waals surface area contributed by atoms with Gasteiger partial charge >= 0.3 is 6.03 Å². The standard InChI is InChI=1S/C16H16ClN3O/c17-13-2-3-14-12(9-13)1-4-15(14)20-16(21)19-10-11-5-7-18-8-6-11/h2-3,5-9,15H,1,4,10H2,(H2,19,20,21)/t15-/m1/s1. The number of urea groups is 1. The maximum atomic E-state index is 12.0. The van der Waals surface area contributed by atoms with E-state index in [1.165, 1.54) is 11.1 Å². The second kappa shape index (κ2) is 6.14. The first-order valence-electron chi connectivity index (χ1n) is 6.94. The molecule has 2 aromatic rings. The molecule has 0 spiro atoms. The molecule has 0 fully saturated rings. The van der Waals surface area contributed by atoms with Crippen LogP contribution in [-0.4, -0.2) is 11.0 Å². The molecular weight excluding hydrogens is 286 g/mol. The number of benzene rings is 1. The normalized spacial score (nSPS) is 16.3. The van der Waals surface area contributed by atoms with Crippen molar-refractivity contribution in [3.05, 3.63) is 64.4 Å². The summed E-state index contributed by atoms with van der Waals surface area (Å²) in [6.07, 6.45) is 5.29. The molecule has 0 aliphatic heterocycles. The highest BCUT2D eigenvalue weighted by Gasteiger charge is 2.23. The van der Waals surface area contributed by atoms with Crippen molar-refractivity contribution in [2.45, 2.75) is 25.4 Å². The number of rotatable bonds is 3. The Morgan fingerprint density at radius 1 is 1.29 bits per heavy atom. The molecule has 0 bridgehead atoms. The summed E-state index contributed by atoms with van der Waals surface area (Å²) in [5.74, 6) is 0. The molecule has 0 radical (unpaired) electrons. The van der Waals surface area contributed by atoms with E-state index in [1.54, 1.807) is 12.4 Å². The molecule has 0 saturated heterocycles. The summed E-state index contributed by atoms with van der Waals surface area (Å²) < 4.78 is 0. The van der Waals surface area contributed by atoms with Crippen LogP contribution in [-0.2, 0) is 13.0 Å². The lowest BCUT2D eigenvalue weighted by molar-refractivity contribution is 0.236. The predicted molar refractivity (Wildman–Crippen MR) is 82.1 cm³/mol. The van der Waals surface area contributed by atoms with E-state index in [2.05, 4.69) is 15.6 Å². The first kappa shape index (κ1) is 13.9. The van der Waals surface area contributed by atoms with Crippen LogP contribution < -0.4 is 10.6 Å². The number of nitrogens with one attached hydrogen (secondary N) is 2. The molecule has 1 aromatic heterocycles. The van der Waals surface area contributed by atoms with Gasteiger partial charge in [0.15, 0.2) is 0 Å². The summed E-state index contributed by atoms with van der Waals surface area (Å²) in [6.45, 7) is 0.495. The van der Waals surface area contributed by atoms with Gasteiger partial charge in [-0.2, -0.15) is 0 Å². The number of aromatic nitrogens is 1. The molecule has 1 heterocycles. The van der Waals surface area contributed by atoms with Gasteiger partial charge in [0.1, 0.15) is 0 Å². The van der Waals surface area contributed by atoms with E-state index in [-0.39, 0.29) is 12.1 Å². The minimum atomic E-state index is -0.153. The zero-order valence-electron chi connectivity index (χ0n) is 11.5. The monoisotopic (exact) mass is 301 g/mol. The van der Waals surface area contributed by atoms with Crippen LogP contribution in [0.1, 0.15) is 29.2 Å². The maximum absolute atomic E-state index is 12.0. The van der Waals surface area contributed by atoms with E-state index in [0.29, 0.717) is 6.54 Å². The molecule has 4 nitrogen and oxygen atoms in total. The third-order valence-electron chi connectivity index (χ3n) is 3.69. The zero-order chi connectivity index (χ0) is 14.7. The minimum Gasteiger partial charge on any atom is -0.334 e.